The Balaban J connectivity index is 1.96. The summed E-state index contributed by atoms with van der Waals surface area (Å²) in [6.45, 7) is 0. The van der Waals surface area contributed by atoms with Crippen LogP contribution in [0, 0.1) is 0 Å². The molecule has 0 saturated carbocycles. The molecule has 3 heteroatoms. The van der Waals surface area contributed by atoms with Crippen LogP contribution in [0.1, 0.15) is 4.88 Å². The minimum atomic E-state index is 1.05. The second-order valence-corrected chi connectivity index (χ2v) is 5.22. The summed E-state index contributed by atoms with van der Waals surface area (Å²) < 4.78 is 0. The Labute approximate surface area is 122 Å². The van der Waals surface area contributed by atoms with E-state index in [1.165, 1.54) is 0 Å². The smallest absolute Gasteiger partial charge is 0.0652 e. The first kappa shape index (κ1) is 12.6. The molecule has 0 N–H and O–H groups in total. The number of benzene rings is 2. The Bertz CT molecular complexity index is 621. The van der Waals surface area contributed by atoms with E-state index in [0.717, 1.165) is 16.3 Å². The van der Waals surface area contributed by atoms with E-state index in [2.05, 4.69) is 40.8 Å². The number of thiophene rings is 1. The van der Waals surface area contributed by atoms with Crippen LogP contribution >= 0.6 is 11.3 Å². The van der Waals surface area contributed by atoms with Gasteiger partial charge in [-0.2, -0.15) is 5.10 Å². The van der Waals surface area contributed by atoms with Crippen LogP contribution in [0.2, 0.25) is 0 Å². The van der Waals surface area contributed by atoms with E-state index in [1.807, 2.05) is 53.7 Å². The summed E-state index contributed by atoms with van der Waals surface area (Å²) in [6.07, 6.45) is 1.89. The molecule has 0 unspecified atom stereocenters. The Morgan fingerprint density at radius 2 is 1.35 bits per heavy atom. The van der Waals surface area contributed by atoms with Crippen LogP contribution in [0.15, 0.2) is 83.3 Å². The van der Waals surface area contributed by atoms with Gasteiger partial charge in [-0.15, -0.1) is 11.3 Å². The van der Waals surface area contributed by atoms with Crippen LogP contribution < -0.4 is 5.01 Å². The zero-order chi connectivity index (χ0) is 13.6. The van der Waals surface area contributed by atoms with E-state index in [0.29, 0.717) is 0 Å². The van der Waals surface area contributed by atoms with Gasteiger partial charge in [0.1, 0.15) is 0 Å². The van der Waals surface area contributed by atoms with Gasteiger partial charge in [-0.3, -0.25) is 0 Å². The van der Waals surface area contributed by atoms with Crippen LogP contribution in [0.5, 0.6) is 0 Å². The molecular weight excluding hydrogens is 264 g/mol. The predicted octanol–water partition coefficient (Wildman–Crippen LogP) is 4.92. The average molecular weight is 278 g/mol. The molecule has 3 aromatic rings. The van der Waals surface area contributed by atoms with Gasteiger partial charge in [0.05, 0.1) is 17.6 Å². The van der Waals surface area contributed by atoms with E-state index in [9.17, 15) is 0 Å². The Kier molecular flexibility index (Phi) is 3.90. The Hall–Kier alpha value is -2.39. The molecule has 0 aliphatic heterocycles. The normalized spacial score (nSPS) is 10.8. The third-order valence-electron chi connectivity index (χ3n) is 2.85. The van der Waals surface area contributed by atoms with Crippen molar-refractivity contribution < 1.29 is 0 Å². The summed E-state index contributed by atoms with van der Waals surface area (Å²) in [5, 5.41) is 8.62. The van der Waals surface area contributed by atoms with Crippen molar-refractivity contribution >= 4 is 28.9 Å². The van der Waals surface area contributed by atoms with Crippen molar-refractivity contribution in [1.82, 2.24) is 0 Å². The van der Waals surface area contributed by atoms with Crippen LogP contribution in [0.25, 0.3) is 0 Å². The highest BCUT2D eigenvalue weighted by atomic mass is 32.1. The quantitative estimate of drug-likeness (QED) is 0.488. The molecule has 0 saturated heterocycles. The Morgan fingerprint density at radius 1 is 0.750 bits per heavy atom. The van der Waals surface area contributed by atoms with Gasteiger partial charge in [0, 0.05) is 4.88 Å². The molecule has 0 bridgehead atoms. The molecule has 0 aliphatic carbocycles. The molecule has 0 spiro atoms. The molecule has 20 heavy (non-hydrogen) atoms. The highest BCUT2D eigenvalue weighted by Gasteiger charge is 2.06. The summed E-state index contributed by atoms with van der Waals surface area (Å²) >= 11 is 1.68. The Morgan fingerprint density at radius 3 is 1.85 bits per heavy atom. The van der Waals surface area contributed by atoms with Gasteiger partial charge in [-0.25, -0.2) is 5.01 Å². The van der Waals surface area contributed by atoms with Crippen LogP contribution in [-0.2, 0) is 0 Å². The van der Waals surface area contributed by atoms with Gasteiger partial charge in [0.2, 0.25) is 0 Å². The molecule has 1 aromatic heterocycles. The lowest BCUT2D eigenvalue weighted by Crippen LogP contribution is -2.08. The van der Waals surface area contributed by atoms with Crippen LogP contribution in [0.3, 0.4) is 0 Å². The number of hydrazone groups is 1. The lowest BCUT2D eigenvalue weighted by molar-refractivity contribution is 1.09. The average Bonchev–Trinajstić information content (AvgIpc) is 3.03. The van der Waals surface area contributed by atoms with Gasteiger partial charge >= 0.3 is 0 Å². The standard InChI is InChI=1S/C17H14N2S/c1-3-8-15(9-4-1)19(16-10-5-2-6-11-16)18-14-17-12-7-13-20-17/h1-14H/b18-14+. The lowest BCUT2D eigenvalue weighted by atomic mass is 10.2. The largest absolute Gasteiger partial charge is 0.234 e. The van der Waals surface area contributed by atoms with Crippen molar-refractivity contribution in [2.75, 3.05) is 5.01 Å². The molecule has 98 valence electrons. The second kappa shape index (κ2) is 6.17. The molecule has 0 atom stereocenters. The molecule has 3 rings (SSSR count). The predicted molar refractivity (Wildman–Crippen MR) is 86.9 cm³/mol. The van der Waals surface area contributed by atoms with Gasteiger partial charge in [0.25, 0.3) is 0 Å². The van der Waals surface area contributed by atoms with Crippen molar-refractivity contribution in [3.05, 3.63) is 83.1 Å². The third-order valence-corrected chi connectivity index (χ3v) is 3.65. The van der Waals surface area contributed by atoms with Gasteiger partial charge in [-0.1, -0.05) is 42.5 Å². The highest BCUT2D eigenvalue weighted by Crippen LogP contribution is 2.25. The van der Waals surface area contributed by atoms with Crippen LogP contribution in [0.4, 0.5) is 11.4 Å². The summed E-state index contributed by atoms with van der Waals surface area (Å²) in [6, 6.07) is 24.4. The SMILES string of the molecule is C(=N\N(c1ccccc1)c1ccccc1)/c1cccs1. The fourth-order valence-electron chi connectivity index (χ4n) is 1.90. The highest BCUT2D eigenvalue weighted by molar-refractivity contribution is 7.11. The van der Waals surface area contributed by atoms with E-state index in [1.54, 1.807) is 11.3 Å². The molecule has 0 amide bonds. The monoisotopic (exact) mass is 278 g/mol. The zero-order valence-electron chi connectivity index (χ0n) is 10.9. The van der Waals surface area contributed by atoms with E-state index in [4.69, 9.17) is 0 Å². The number of hydrogen-bond acceptors (Lipinski definition) is 3. The summed E-state index contributed by atoms with van der Waals surface area (Å²) in [5.74, 6) is 0. The number of para-hydroxylation sites is 2. The van der Waals surface area contributed by atoms with Gasteiger partial charge in [0.15, 0.2) is 0 Å². The number of anilines is 2. The van der Waals surface area contributed by atoms with E-state index in [-0.39, 0.29) is 0 Å². The van der Waals surface area contributed by atoms with Gasteiger partial charge in [-0.05, 0) is 35.7 Å². The molecule has 0 fully saturated rings. The number of nitrogens with zero attached hydrogens (tertiary/aromatic N) is 2. The first-order valence-electron chi connectivity index (χ1n) is 6.41. The molecule has 0 aliphatic rings. The lowest BCUT2D eigenvalue weighted by Gasteiger charge is -2.18. The molecule has 1 heterocycles. The first-order valence-corrected chi connectivity index (χ1v) is 7.29. The minimum Gasteiger partial charge on any atom is -0.234 e. The number of rotatable bonds is 4. The second-order valence-electron chi connectivity index (χ2n) is 4.24. The molecule has 2 nitrogen and oxygen atoms in total. The third kappa shape index (κ3) is 2.95. The maximum atomic E-state index is 4.63. The fourth-order valence-corrected chi connectivity index (χ4v) is 2.48. The molecular formula is C17H14N2S. The van der Waals surface area contributed by atoms with Crippen molar-refractivity contribution in [3.8, 4) is 0 Å². The maximum absolute atomic E-state index is 4.63. The number of hydrogen-bond donors (Lipinski definition) is 0. The van der Waals surface area contributed by atoms with Gasteiger partial charge < -0.3 is 0 Å². The van der Waals surface area contributed by atoms with Crippen molar-refractivity contribution in [2.24, 2.45) is 5.10 Å². The molecule has 0 radical (unpaired) electrons. The van der Waals surface area contributed by atoms with E-state index < -0.39 is 0 Å². The zero-order valence-corrected chi connectivity index (χ0v) is 11.7. The molecule has 2 aromatic carbocycles. The minimum absolute atomic E-state index is 1.05. The maximum Gasteiger partial charge on any atom is 0.0652 e. The summed E-state index contributed by atoms with van der Waals surface area (Å²) in [7, 11) is 0. The van der Waals surface area contributed by atoms with Crippen molar-refractivity contribution in [1.29, 1.82) is 0 Å². The fraction of sp³-hybridized carbons (Fsp3) is 0. The van der Waals surface area contributed by atoms with E-state index >= 15 is 0 Å². The van der Waals surface area contributed by atoms with Crippen molar-refractivity contribution in [3.63, 3.8) is 0 Å². The summed E-state index contributed by atoms with van der Waals surface area (Å²) in [4.78, 5) is 1.14. The summed E-state index contributed by atoms with van der Waals surface area (Å²) in [5.41, 5.74) is 2.10. The first-order chi connectivity index (χ1) is 9.93. The van der Waals surface area contributed by atoms with Crippen molar-refractivity contribution in [2.45, 2.75) is 0 Å². The van der Waals surface area contributed by atoms with Crippen LogP contribution in [-0.4, -0.2) is 6.21 Å². The topological polar surface area (TPSA) is 15.6 Å².